The molecule has 0 unspecified atom stereocenters. The van der Waals surface area contributed by atoms with Gasteiger partial charge in [-0.1, -0.05) is 6.42 Å². The summed E-state index contributed by atoms with van der Waals surface area (Å²) in [4.78, 5) is 13.9. The van der Waals surface area contributed by atoms with Crippen LogP contribution in [0.4, 0.5) is 0 Å². The summed E-state index contributed by atoms with van der Waals surface area (Å²) in [6.07, 6.45) is 8.88. The van der Waals surface area contributed by atoms with Crippen LogP contribution in [0.25, 0.3) is 0 Å². The molecule has 0 atom stereocenters. The molecule has 7 heteroatoms. The van der Waals surface area contributed by atoms with Crippen molar-refractivity contribution < 1.29 is 13.2 Å². The Balaban J connectivity index is 1.60. The van der Waals surface area contributed by atoms with E-state index in [-0.39, 0.29) is 5.91 Å². The first kappa shape index (κ1) is 17.0. The number of unbranched alkanes of at least 4 members (excludes halogenated alkanes) is 2. The molecule has 1 aromatic heterocycles. The Morgan fingerprint density at radius 2 is 1.64 bits per heavy atom. The summed E-state index contributed by atoms with van der Waals surface area (Å²) >= 11 is 0. The van der Waals surface area contributed by atoms with Crippen LogP contribution in [0.5, 0.6) is 0 Å². The zero-order chi connectivity index (χ0) is 16.0. The smallest absolute Gasteiger partial charge is 0.222 e. The Morgan fingerprint density at radius 3 is 2.23 bits per heavy atom. The first-order chi connectivity index (χ1) is 10.5. The average molecular weight is 327 g/mol. The lowest BCUT2D eigenvalue weighted by Gasteiger charge is -2.33. The first-order valence-corrected chi connectivity index (χ1v) is 9.65. The van der Waals surface area contributed by atoms with Gasteiger partial charge in [0.25, 0.3) is 0 Å². The third kappa shape index (κ3) is 5.14. The SMILES string of the molecule is CS(=O)(=O)N1CCN(C(=O)CCCCCn2cccc2)CC1. The van der Waals surface area contributed by atoms with Gasteiger partial charge in [0.15, 0.2) is 0 Å². The second-order valence-electron chi connectivity index (χ2n) is 5.77. The maximum atomic E-state index is 12.1. The molecule has 6 nitrogen and oxygen atoms in total. The lowest BCUT2D eigenvalue weighted by atomic mass is 10.1. The van der Waals surface area contributed by atoms with Gasteiger partial charge in [0.05, 0.1) is 6.26 Å². The minimum atomic E-state index is -3.13. The van der Waals surface area contributed by atoms with E-state index in [1.165, 1.54) is 10.6 Å². The molecule has 0 spiro atoms. The van der Waals surface area contributed by atoms with Crippen molar-refractivity contribution in [3.63, 3.8) is 0 Å². The number of aryl methyl sites for hydroxylation is 1. The van der Waals surface area contributed by atoms with Crippen molar-refractivity contribution in [1.82, 2.24) is 13.8 Å². The van der Waals surface area contributed by atoms with Crippen LogP contribution < -0.4 is 0 Å². The van der Waals surface area contributed by atoms with Crippen molar-refractivity contribution in [2.75, 3.05) is 32.4 Å². The van der Waals surface area contributed by atoms with Crippen LogP contribution in [-0.2, 0) is 21.4 Å². The second kappa shape index (κ2) is 7.78. The molecule has 1 fully saturated rings. The quantitative estimate of drug-likeness (QED) is 0.706. The number of aromatic nitrogens is 1. The van der Waals surface area contributed by atoms with Crippen LogP contribution in [0, 0.1) is 0 Å². The summed E-state index contributed by atoms with van der Waals surface area (Å²) in [5, 5.41) is 0. The molecule has 1 amide bonds. The van der Waals surface area contributed by atoms with Gasteiger partial charge >= 0.3 is 0 Å². The van der Waals surface area contributed by atoms with Gasteiger partial charge in [-0.3, -0.25) is 4.79 Å². The Kier molecular flexibility index (Phi) is 6.02. The van der Waals surface area contributed by atoms with E-state index in [1.807, 2.05) is 24.5 Å². The van der Waals surface area contributed by atoms with Crippen LogP contribution in [0.15, 0.2) is 24.5 Å². The van der Waals surface area contributed by atoms with Crippen molar-refractivity contribution in [2.24, 2.45) is 0 Å². The number of rotatable bonds is 7. The highest BCUT2D eigenvalue weighted by Crippen LogP contribution is 2.10. The first-order valence-electron chi connectivity index (χ1n) is 7.80. The number of hydrogen-bond donors (Lipinski definition) is 0. The normalized spacial score (nSPS) is 16.9. The van der Waals surface area contributed by atoms with Crippen molar-refractivity contribution in [3.8, 4) is 0 Å². The maximum absolute atomic E-state index is 12.1. The Hall–Kier alpha value is -1.34. The number of amides is 1. The molecule has 0 saturated carbocycles. The number of piperazine rings is 1. The summed E-state index contributed by atoms with van der Waals surface area (Å²) in [6, 6.07) is 4.03. The van der Waals surface area contributed by atoms with Crippen molar-refractivity contribution in [2.45, 2.75) is 32.2 Å². The topological polar surface area (TPSA) is 62.6 Å². The van der Waals surface area contributed by atoms with Crippen LogP contribution in [0.2, 0.25) is 0 Å². The highest BCUT2D eigenvalue weighted by Gasteiger charge is 2.25. The lowest BCUT2D eigenvalue weighted by Crippen LogP contribution is -2.50. The highest BCUT2D eigenvalue weighted by molar-refractivity contribution is 7.88. The fourth-order valence-corrected chi connectivity index (χ4v) is 3.52. The Labute approximate surface area is 132 Å². The van der Waals surface area contributed by atoms with Crippen LogP contribution in [0.3, 0.4) is 0 Å². The molecule has 1 aliphatic heterocycles. The lowest BCUT2D eigenvalue weighted by molar-refractivity contribution is -0.132. The molecule has 0 aromatic carbocycles. The van der Waals surface area contributed by atoms with Crippen molar-refractivity contribution in [1.29, 1.82) is 0 Å². The fourth-order valence-electron chi connectivity index (χ4n) is 2.69. The van der Waals surface area contributed by atoms with Gasteiger partial charge in [-0.2, -0.15) is 4.31 Å². The van der Waals surface area contributed by atoms with E-state index in [0.717, 1.165) is 25.8 Å². The predicted molar refractivity (Wildman–Crippen MR) is 85.9 cm³/mol. The molecule has 1 aliphatic rings. The van der Waals surface area contributed by atoms with Gasteiger partial charge < -0.3 is 9.47 Å². The van der Waals surface area contributed by atoms with Crippen LogP contribution in [0.1, 0.15) is 25.7 Å². The summed E-state index contributed by atoms with van der Waals surface area (Å²) < 4.78 is 26.4. The van der Waals surface area contributed by atoms with E-state index >= 15 is 0 Å². The zero-order valence-electron chi connectivity index (χ0n) is 13.1. The molecule has 124 valence electrons. The second-order valence-corrected chi connectivity index (χ2v) is 7.76. The van der Waals surface area contributed by atoms with E-state index < -0.39 is 10.0 Å². The fraction of sp³-hybridized carbons (Fsp3) is 0.667. The molecule has 0 aliphatic carbocycles. The van der Waals surface area contributed by atoms with E-state index in [2.05, 4.69) is 4.57 Å². The van der Waals surface area contributed by atoms with Gasteiger partial charge in [-0.25, -0.2) is 8.42 Å². The number of carbonyl (C=O) groups is 1. The summed E-state index contributed by atoms with van der Waals surface area (Å²) in [6.45, 7) is 2.84. The zero-order valence-corrected chi connectivity index (χ0v) is 14.0. The summed E-state index contributed by atoms with van der Waals surface area (Å²) in [5.74, 6) is 0.147. The standard InChI is InChI=1S/C15H25N3O3S/c1-22(20,21)18-13-11-17(12-14-18)15(19)7-3-2-4-8-16-9-5-6-10-16/h5-6,9-10H,2-4,7-8,11-14H2,1H3. The van der Waals surface area contributed by atoms with Crippen molar-refractivity contribution in [3.05, 3.63) is 24.5 Å². The largest absolute Gasteiger partial charge is 0.354 e. The Bertz CT molecular complexity index is 561. The van der Waals surface area contributed by atoms with E-state index in [4.69, 9.17) is 0 Å². The van der Waals surface area contributed by atoms with E-state index in [0.29, 0.717) is 32.6 Å². The summed E-state index contributed by atoms with van der Waals surface area (Å²) in [5.41, 5.74) is 0. The molecule has 0 N–H and O–H groups in total. The van der Waals surface area contributed by atoms with E-state index in [1.54, 1.807) is 4.90 Å². The Morgan fingerprint density at radius 1 is 1.00 bits per heavy atom. The molecular weight excluding hydrogens is 302 g/mol. The molecule has 0 bridgehead atoms. The van der Waals surface area contributed by atoms with Gasteiger partial charge in [-0.15, -0.1) is 0 Å². The van der Waals surface area contributed by atoms with Crippen molar-refractivity contribution >= 4 is 15.9 Å². The number of nitrogens with zero attached hydrogens (tertiary/aromatic N) is 3. The molecule has 1 saturated heterocycles. The summed E-state index contributed by atoms with van der Waals surface area (Å²) in [7, 11) is -3.13. The molecule has 1 aromatic rings. The number of sulfonamides is 1. The minimum absolute atomic E-state index is 0.147. The van der Waals surface area contributed by atoms with Gasteiger partial charge in [0.2, 0.25) is 15.9 Å². The average Bonchev–Trinajstić information content (AvgIpc) is 2.99. The number of hydrogen-bond acceptors (Lipinski definition) is 3. The van der Waals surface area contributed by atoms with Crippen LogP contribution in [-0.4, -0.2) is 60.5 Å². The monoisotopic (exact) mass is 327 g/mol. The predicted octanol–water partition coefficient (Wildman–Crippen LogP) is 1.15. The molecule has 2 heterocycles. The van der Waals surface area contributed by atoms with Gasteiger partial charge in [-0.05, 0) is 25.0 Å². The third-order valence-electron chi connectivity index (χ3n) is 4.03. The van der Waals surface area contributed by atoms with E-state index in [9.17, 15) is 13.2 Å². The number of carbonyl (C=O) groups excluding carboxylic acids is 1. The molecular formula is C15H25N3O3S. The van der Waals surface area contributed by atoms with Gasteiger partial charge in [0.1, 0.15) is 0 Å². The molecule has 0 radical (unpaired) electrons. The molecule has 2 rings (SSSR count). The maximum Gasteiger partial charge on any atom is 0.222 e. The van der Waals surface area contributed by atoms with Gasteiger partial charge in [0, 0.05) is 51.5 Å². The molecule has 22 heavy (non-hydrogen) atoms. The minimum Gasteiger partial charge on any atom is -0.354 e. The third-order valence-corrected chi connectivity index (χ3v) is 5.34. The highest BCUT2D eigenvalue weighted by atomic mass is 32.2. The van der Waals surface area contributed by atoms with Crippen LogP contribution >= 0.6 is 0 Å².